The van der Waals surface area contributed by atoms with Crippen LogP contribution in [0.5, 0.6) is 23.0 Å². The summed E-state index contributed by atoms with van der Waals surface area (Å²) in [6.07, 6.45) is 0. The average Bonchev–Trinajstić information content (AvgIpc) is 2.96. The summed E-state index contributed by atoms with van der Waals surface area (Å²) in [4.78, 5) is 24.6. The van der Waals surface area contributed by atoms with E-state index >= 15 is 0 Å². The molecule has 8 heteroatoms. The summed E-state index contributed by atoms with van der Waals surface area (Å²) >= 11 is 0. The quantitative estimate of drug-likeness (QED) is 0.248. The Labute approximate surface area is 221 Å². The first-order chi connectivity index (χ1) is 18.3. The summed E-state index contributed by atoms with van der Waals surface area (Å²) < 4.78 is 20.6. The molecule has 4 rings (SSSR count). The van der Waals surface area contributed by atoms with Crippen LogP contribution in [0.1, 0.15) is 31.8 Å². The highest BCUT2D eigenvalue weighted by Gasteiger charge is 2.13. The van der Waals surface area contributed by atoms with E-state index < -0.39 is 0 Å². The SMILES string of the molecule is COc1ccc(C(=O)c2ccc(N)cc2)cc1OC.COc1ccc(C(=O)c2ccc(N)cc2)cc1OC. The van der Waals surface area contributed by atoms with Crippen molar-refractivity contribution < 1.29 is 28.5 Å². The number of hydrogen-bond donors (Lipinski definition) is 2. The molecular weight excluding hydrogens is 484 g/mol. The molecule has 4 N–H and O–H groups in total. The normalized spacial score (nSPS) is 10.0. The number of nitrogen functional groups attached to an aromatic ring is 2. The molecule has 0 heterocycles. The Morgan fingerprint density at radius 2 is 0.737 bits per heavy atom. The van der Waals surface area contributed by atoms with Crippen molar-refractivity contribution >= 4 is 22.9 Å². The summed E-state index contributed by atoms with van der Waals surface area (Å²) in [5, 5.41) is 0. The number of ether oxygens (including phenoxy) is 4. The van der Waals surface area contributed by atoms with Gasteiger partial charge in [0.1, 0.15) is 0 Å². The van der Waals surface area contributed by atoms with Crippen molar-refractivity contribution in [3.63, 3.8) is 0 Å². The first kappa shape index (κ1) is 27.6. The molecule has 0 aliphatic carbocycles. The third kappa shape index (κ3) is 6.61. The molecule has 8 nitrogen and oxygen atoms in total. The van der Waals surface area contributed by atoms with Gasteiger partial charge in [-0.3, -0.25) is 9.59 Å². The topological polar surface area (TPSA) is 123 Å². The van der Waals surface area contributed by atoms with E-state index in [1.165, 1.54) is 14.2 Å². The zero-order valence-electron chi connectivity index (χ0n) is 21.7. The average molecular weight is 515 g/mol. The number of ketones is 2. The molecule has 0 saturated carbocycles. The van der Waals surface area contributed by atoms with Gasteiger partial charge in [-0.15, -0.1) is 0 Å². The molecule has 38 heavy (non-hydrogen) atoms. The number of anilines is 2. The molecular formula is C30H30N2O6. The van der Waals surface area contributed by atoms with Gasteiger partial charge in [0.25, 0.3) is 0 Å². The minimum atomic E-state index is -0.0825. The van der Waals surface area contributed by atoms with Gasteiger partial charge in [-0.25, -0.2) is 0 Å². The van der Waals surface area contributed by atoms with Crippen molar-refractivity contribution in [3.05, 3.63) is 107 Å². The first-order valence-electron chi connectivity index (χ1n) is 11.6. The molecule has 0 atom stereocenters. The van der Waals surface area contributed by atoms with Crippen LogP contribution in [0, 0.1) is 0 Å². The number of methoxy groups -OCH3 is 4. The van der Waals surface area contributed by atoms with Crippen LogP contribution in [0.15, 0.2) is 84.9 Å². The standard InChI is InChI=1S/2C15H15NO3/c2*1-18-13-8-5-11(9-14(13)19-2)15(17)10-3-6-12(16)7-4-10/h2*3-9H,16H2,1-2H3. The molecule has 0 aromatic heterocycles. The molecule has 0 saturated heterocycles. The smallest absolute Gasteiger partial charge is 0.193 e. The number of benzene rings is 4. The monoisotopic (exact) mass is 514 g/mol. The highest BCUT2D eigenvalue weighted by Crippen LogP contribution is 2.29. The lowest BCUT2D eigenvalue weighted by molar-refractivity contribution is 0.103. The predicted molar refractivity (Wildman–Crippen MR) is 148 cm³/mol. The maximum atomic E-state index is 12.3. The Hall–Kier alpha value is -4.98. The molecule has 4 aromatic rings. The third-order valence-corrected chi connectivity index (χ3v) is 5.64. The van der Waals surface area contributed by atoms with Crippen molar-refractivity contribution in [2.75, 3.05) is 39.9 Å². The molecule has 0 bridgehead atoms. The molecule has 0 spiro atoms. The van der Waals surface area contributed by atoms with E-state index in [2.05, 4.69) is 0 Å². The highest BCUT2D eigenvalue weighted by molar-refractivity contribution is 6.10. The number of carbonyl (C=O) groups is 2. The second-order valence-electron chi connectivity index (χ2n) is 8.04. The van der Waals surface area contributed by atoms with Crippen molar-refractivity contribution in [2.45, 2.75) is 0 Å². The lowest BCUT2D eigenvalue weighted by Gasteiger charge is -2.09. The van der Waals surface area contributed by atoms with Crippen molar-refractivity contribution in [2.24, 2.45) is 0 Å². The van der Waals surface area contributed by atoms with Gasteiger partial charge in [-0.05, 0) is 84.9 Å². The van der Waals surface area contributed by atoms with Gasteiger partial charge in [-0.1, -0.05) is 0 Å². The van der Waals surface area contributed by atoms with Crippen LogP contribution in [0.4, 0.5) is 11.4 Å². The molecule has 0 aliphatic heterocycles. The Bertz CT molecular complexity index is 1290. The largest absolute Gasteiger partial charge is 0.493 e. The second kappa shape index (κ2) is 12.8. The van der Waals surface area contributed by atoms with E-state index in [-0.39, 0.29) is 11.6 Å². The molecule has 0 radical (unpaired) electrons. The van der Waals surface area contributed by atoms with E-state index in [9.17, 15) is 9.59 Å². The minimum Gasteiger partial charge on any atom is -0.493 e. The summed E-state index contributed by atoms with van der Waals surface area (Å²) in [6.45, 7) is 0. The van der Waals surface area contributed by atoms with Crippen LogP contribution >= 0.6 is 0 Å². The molecule has 196 valence electrons. The molecule has 0 fully saturated rings. The Morgan fingerprint density at radius 3 is 1.03 bits per heavy atom. The lowest BCUT2D eigenvalue weighted by atomic mass is 10.0. The zero-order chi connectivity index (χ0) is 27.7. The van der Waals surface area contributed by atoms with Crippen LogP contribution in [0.2, 0.25) is 0 Å². The van der Waals surface area contributed by atoms with Crippen LogP contribution in [-0.4, -0.2) is 40.0 Å². The summed E-state index contributed by atoms with van der Waals surface area (Å²) in [5.74, 6) is 2.09. The number of carbonyl (C=O) groups excluding carboxylic acids is 2. The maximum absolute atomic E-state index is 12.3. The van der Waals surface area contributed by atoms with Gasteiger partial charge in [0, 0.05) is 33.6 Å². The highest BCUT2D eigenvalue weighted by atomic mass is 16.5. The Morgan fingerprint density at radius 1 is 0.447 bits per heavy atom. The first-order valence-corrected chi connectivity index (χ1v) is 11.6. The number of nitrogens with two attached hydrogens (primary N) is 2. The van der Waals surface area contributed by atoms with E-state index in [1.807, 2.05) is 0 Å². The van der Waals surface area contributed by atoms with Gasteiger partial charge in [0.05, 0.1) is 28.4 Å². The minimum absolute atomic E-state index is 0.0825. The Kier molecular flexibility index (Phi) is 9.31. The van der Waals surface area contributed by atoms with Crippen molar-refractivity contribution in [1.82, 2.24) is 0 Å². The van der Waals surface area contributed by atoms with E-state index in [4.69, 9.17) is 30.4 Å². The van der Waals surface area contributed by atoms with Gasteiger partial charge in [0.15, 0.2) is 34.6 Å². The summed E-state index contributed by atoms with van der Waals surface area (Å²) in [6, 6.07) is 23.8. The van der Waals surface area contributed by atoms with Crippen LogP contribution in [-0.2, 0) is 0 Å². The second-order valence-corrected chi connectivity index (χ2v) is 8.04. The van der Waals surface area contributed by atoms with Crippen molar-refractivity contribution in [3.8, 4) is 23.0 Å². The third-order valence-electron chi connectivity index (χ3n) is 5.64. The summed E-state index contributed by atoms with van der Waals surface area (Å²) in [7, 11) is 6.18. The Balaban J connectivity index is 0.000000211. The van der Waals surface area contributed by atoms with Gasteiger partial charge in [0.2, 0.25) is 0 Å². The predicted octanol–water partition coefficient (Wildman–Crippen LogP) is 5.03. The van der Waals surface area contributed by atoms with Gasteiger partial charge in [-0.2, -0.15) is 0 Å². The lowest BCUT2D eigenvalue weighted by Crippen LogP contribution is -2.02. The van der Waals surface area contributed by atoms with E-state index in [0.29, 0.717) is 56.6 Å². The fourth-order valence-electron chi connectivity index (χ4n) is 3.56. The van der Waals surface area contributed by atoms with Crippen LogP contribution in [0.3, 0.4) is 0 Å². The fraction of sp³-hybridized carbons (Fsp3) is 0.133. The van der Waals surface area contributed by atoms with Gasteiger partial charge < -0.3 is 30.4 Å². The fourth-order valence-corrected chi connectivity index (χ4v) is 3.56. The number of hydrogen-bond acceptors (Lipinski definition) is 8. The molecule has 0 amide bonds. The molecule has 0 aliphatic rings. The maximum Gasteiger partial charge on any atom is 0.193 e. The number of rotatable bonds is 8. The molecule has 0 unspecified atom stereocenters. The zero-order valence-corrected chi connectivity index (χ0v) is 21.7. The van der Waals surface area contributed by atoms with Crippen molar-refractivity contribution in [1.29, 1.82) is 0 Å². The molecule has 4 aromatic carbocycles. The summed E-state index contributed by atoms with van der Waals surface area (Å²) in [5.41, 5.74) is 14.7. The van der Waals surface area contributed by atoms with E-state index in [0.717, 1.165) is 0 Å². The van der Waals surface area contributed by atoms with Gasteiger partial charge >= 0.3 is 0 Å². The van der Waals surface area contributed by atoms with E-state index in [1.54, 1.807) is 99.1 Å². The van der Waals surface area contributed by atoms with Crippen LogP contribution in [0.25, 0.3) is 0 Å². The van der Waals surface area contributed by atoms with Crippen LogP contribution < -0.4 is 30.4 Å².